The Hall–Kier alpha value is -4.93. The number of hydrogen-bond acceptors (Lipinski definition) is 9. The number of carbonyl (C=O) groups excluding carboxylic acids is 5. The number of carbonyl (C=O) groups is 6. The first kappa shape index (κ1) is 33.1. The van der Waals surface area contributed by atoms with Crippen LogP contribution in [0.3, 0.4) is 0 Å². The minimum atomic E-state index is -1.73. The average molecular weight is 566 g/mol. The molecule has 1 aromatic rings. The predicted molar refractivity (Wildman–Crippen MR) is 141 cm³/mol. The van der Waals surface area contributed by atoms with Crippen LogP contribution in [0.25, 0.3) is 0 Å². The number of benzene rings is 1. The van der Waals surface area contributed by atoms with Crippen LogP contribution in [0.2, 0.25) is 0 Å². The molecule has 0 bridgehead atoms. The van der Waals surface area contributed by atoms with Gasteiger partial charge in [0.15, 0.2) is 5.96 Å². The molecule has 0 saturated heterocycles. The van der Waals surface area contributed by atoms with Crippen molar-refractivity contribution >= 4 is 41.5 Å². The number of aromatic hydroxyl groups is 1. The molecule has 0 aromatic heterocycles. The Morgan fingerprint density at radius 2 is 1.27 bits per heavy atom. The second kappa shape index (κ2) is 16.1. The highest BCUT2D eigenvalue weighted by atomic mass is 16.4. The van der Waals surface area contributed by atoms with Crippen LogP contribution in [-0.2, 0) is 35.2 Å². The van der Waals surface area contributed by atoms with Crippen LogP contribution < -0.4 is 44.6 Å². The van der Waals surface area contributed by atoms with E-state index in [9.17, 15) is 39.0 Å². The standard InChI is InChI=1S/C23H35N9O8/c24-13(2-1-7-29-23(27)28)19(36)30-14(8-11-3-5-12(33)6-4-11)20(37)31-15(9-17(25)34)21(38)32-16(22(39)40)10-18(26)35/h3-6,13-16,33H,1-2,7-10,24H2,(H2,25,34)(H2,26,35)(H,30,36)(H,31,37)(H,32,38)(H,39,40)(H4,27,28,29). The smallest absolute Gasteiger partial charge is 0.326 e. The van der Waals surface area contributed by atoms with Gasteiger partial charge in [-0.3, -0.25) is 29.0 Å². The summed E-state index contributed by atoms with van der Waals surface area (Å²) in [5, 5.41) is 25.6. The molecule has 1 rings (SSSR count). The van der Waals surface area contributed by atoms with E-state index < -0.39 is 72.5 Å². The van der Waals surface area contributed by atoms with E-state index in [1.54, 1.807) is 0 Å². The maximum atomic E-state index is 13.2. The summed E-state index contributed by atoms with van der Waals surface area (Å²) in [5.41, 5.74) is 27.1. The van der Waals surface area contributed by atoms with Crippen LogP contribution in [0.15, 0.2) is 29.3 Å². The van der Waals surface area contributed by atoms with Crippen molar-refractivity contribution in [2.75, 3.05) is 6.54 Å². The van der Waals surface area contributed by atoms with Crippen LogP contribution in [0.1, 0.15) is 31.2 Å². The van der Waals surface area contributed by atoms with Crippen molar-refractivity contribution in [3.63, 3.8) is 0 Å². The van der Waals surface area contributed by atoms with E-state index in [1.807, 2.05) is 5.32 Å². The van der Waals surface area contributed by atoms with Gasteiger partial charge in [0.05, 0.1) is 18.9 Å². The summed E-state index contributed by atoms with van der Waals surface area (Å²) in [6.07, 6.45) is -1.08. The number of nitrogens with one attached hydrogen (secondary N) is 3. The molecule has 17 heteroatoms. The van der Waals surface area contributed by atoms with Crippen LogP contribution in [-0.4, -0.2) is 82.4 Å². The van der Waals surface area contributed by atoms with Crippen LogP contribution in [0, 0.1) is 0 Å². The fraction of sp³-hybridized carbons (Fsp3) is 0.435. The summed E-state index contributed by atoms with van der Waals surface area (Å²) in [6.45, 7) is 0.220. The van der Waals surface area contributed by atoms with Crippen molar-refractivity contribution in [3.8, 4) is 5.75 Å². The molecule has 40 heavy (non-hydrogen) atoms. The summed E-state index contributed by atoms with van der Waals surface area (Å²) in [6, 6.07) is -0.0824. The third-order valence-corrected chi connectivity index (χ3v) is 5.37. The minimum absolute atomic E-state index is 0.0428. The van der Waals surface area contributed by atoms with E-state index in [2.05, 4.69) is 15.6 Å². The molecule has 0 aliphatic carbocycles. The van der Waals surface area contributed by atoms with E-state index in [0.717, 1.165) is 0 Å². The number of aliphatic imine (C=N–C) groups is 1. The Bertz CT molecular complexity index is 1110. The first-order valence-electron chi connectivity index (χ1n) is 12.0. The molecular weight excluding hydrogens is 530 g/mol. The summed E-state index contributed by atoms with van der Waals surface area (Å²) >= 11 is 0. The van der Waals surface area contributed by atoms with Gasteiger partial charge in [-0.25, -0.2) is 4.79 Å². The lowest BCUT2D eigenvalue weighted by Crippen LogP contribution is -2.58. The van der Waals surface area contributed by atoms with Crippen molar-refractivity contribution in [3.05, 3.63) is 29.8 Å². The number of phenolic OH excluding ortho intramolecular Hbond substituents is 1. The number of rotatable bonds is 17. The molecule has 0 heterocycles. The molecule has 5 amide bonds. The van der Waals surface area contributed by atoms with Crippen molar-refractivity contribution in [2.45, 2.75) is 56.3 Å². The monoisotopic (exact) mass is 565 g/mol. The van der Waals surface area contributed by atoms with Gasteiger partial charge in [-0.05, 0) is 30.5 Å². The summed E-state index contributed by atoms with van der Waals surface area (Å²) in [4.78, 5) is 76.6. The van der Waals surface area contributed by atoms with Gasteiger partial charge in [0.1, 0.15) is 23.9 Å². The Labute approximate surface area is 228 Å². The van der Waals surface area contributed by atoms with Gasteiger partial charge >= 0.3 is 5.97 Å². The number of phenols is 1. The van der Waals surface area contributed by atoms with Gasteiger partial charge in [0.2, 0.25) is 29.5 Å². The Kier molecular flexibility index (Phi) is 13.3. The van der Waals surface area contributed by atoms with Crippen LogP contribution >= 0.6 is 0 Å². The van der Waals surface area contributed by atoms with Gasteiger partial charge in [-0.2, -0.15) is 0 Å². The number of carboxylic acid groups (broad SMARTS) is 1. The van der Waals surface area contributed by atoms with E-state index in [4.69, 9.17) is 28.7 Å². The maximum Gasteiger partial charge on any atom is 0.326 e. The van der Waals surface area contributed by atoms with Gasteiger partial charge in [0, 0.05) is 13.0 Å². The maximum absolute atomic E-state index is 13.2. The number of guanidine groups is 1. The molecule has 0 fully saturated rings. The molecule has 0 aliphatic rings. The number of nitrogens with two attached hydrogens (primary N) is 5. The summed E-state index contributed by atoms with van der Waals surface area (Å²) in [5.74, 6) is -6.56. The zero-order valence-electron chi connectivity index (χ0n) is 21.5. The lowest BCUT2D eigenvalue weighted by molar-refractivity contribution is -0.144. The minimum Gasteiger partial charge on any atom is -0.508 e. The number of carboxylic acids is 1. The number of nitrogens with zero attached hydrogens (tertiary/aromatic N) is 1. The van der Waals surface area contributed by atoms with Crippen molar-refractivity contribution < 1.29 is 39.0 Å². The number of hydrogen-bond donors (Lipinski definition) is 10. The Morgan fingerprint density at radius 1 is 0.775 bits per heavy atom. The van der Waals surface area contributed by atoms with Gasteiger partial charge in [0.25, 0.3) is 0 Å². The highest BCUT2D eigenvalue weighted by Crippen LogP contribution is 2.12. The molecule has 17 nitrogen and oxygen atoms in total. The average Bonchev–Trinajstić information content (AvgIpc) is 2.85. The van der Waals surface area contributed by atoms with Crippen molar-refractivity contribution in [2.24, 2.45) is 33.7 Å². The van der Waals surface area contributed by atoms with Crippen LogP contribution in [0.5, 0.6) is 5.75 Å². The SMILES string of the molecule is NC(=O)CC(NC(=O)C(CC(N)=O)NC(=O)C(Cc1ccc(O)cc1)NC(=O)C(N)CCCN=C(N)N)C(=O)O. The second-order valence-corrected chi connectivity index (χ2v) is 8.79. The molecule has 0 radical (unpaired) electrons. The highest BCUT2D eigenvalue weighted by molar-refractivity contribution is 5.96. The number of amides is 5. The zero-order valence-corrected chi connectivity index (χ0v) is 21.5. The zero-order chi connectivity index (χ0) is 30.4. The summed E-state index contributed by atoms with van der Waals surface area (Å²) < 4.78 is 0. The molecule has 1 aromatic carbocycles. The Morgan fingerprint density at radius 3 is 1.80 bits per heavy atom. The molecule has 0 aliphatic heterocycles. The largest absolute Gasteiger partial charge is 0.508 e. The molecule has 0 spiro atoms. The number of primary amides is 2. The topological polar surface area (TPSA) is 321 Å². The van der Waals surface area contributed by atoms with E-state index in [-0.39, 0.29) is 31.1 Å². The highest BCUT2D eigenvalue weighted by Gasteiger charge is 2.32. The lowest BCUT2D eigenvalue weighted by Gasteiger charge is -2.24. The second-order valence-electron chi connectivity index (χ2n) is 8.79. The first-order valence-corrected chi connectivity index (χ1v) is 12.0. The normalized spacial score (nSPS) is 13.5. The fourth-order valence-electron chi connectivity index (χ4n) is 3.36. The molecular formula is C23H35N9O8. The van der Waals surface area contributed by atoms with E-state index >= 15 is 0 Å². The number of aliphatic carboxylic acids is 1. The van der Waals surface area contributed by atoms with Gasteiger partial charge in [-0.15, -0.1) is 0 Å². The van der Waals surface area contributed by atoms with E-state index in [0.29, 0.717) is 12.0 Å². The first-order chi connectivity index (χ1) is 18.7. The van der Waals surface area contributed by atoms with Gasteiger partial charge in [-0.1, -0.05) is 12.1 Å². The molecule has 4 atom stereocenters. The third kappa shape index (κ3) is 12.5. The van der Waals surface area contributed by atoms with Gasteiger partial charge < -0.3 is 54.8 Å². The molecule has 4 unspecified atom stereocenters. The summed E-state index contributed by atoms with van der Waals surface area (Å²) in [7, 11) is 0. The third-order valence-electron chi connectivity index (χ3n) is 5.37. The fourth-order valence-corrected chi connectivity index (χ4v) is 3.36. The molecule has 15 N–H and O–H groups in total. The van der Waals surface area contributed by atoms with Crippen molar-refractivity contribution in [1.82, 2.24) is 16.0 Å². The molecule has 220 valence electrons. The lowest BCUT2D eigenvalue weighted by atomic mass is 10.0. The van der Waals surface area contributed by atoms with E-state index in [1.165, 1.54) is 24.3 Å². The van der Waals surface area contributed by atoms with Crippen LogP contribution in [0.4, 0.5) is 0 Å². The Balaban J connectivity index is 3.11. The quantitative estimate of drug-likeness (QED) is 0.0488. The van der Waals surface area contributed by atoms with Crippen molar-refractivity contribution in [1.29, 1.82) is 0 Å². The predicted octanol–water partition coefficient (Wildman–Crippen LogP) is -4.39. The molecule has 0 saturated carbocycles.